The molecule has 0 spiro atoms. The van der Waals surface area contributed by atoms with Crippen molar-refractivity contribution in [2.24, 2.45) is 0 Å². The largest absolute Gasteiger partial charge is 0.287 e. The van der Waals surface area contributed by atoms with E-state index >= 15 is 0 Å². The van der Waals surface area contributed by atoms with Crippen molar-refractivity contribution in [3.8, 4) is 5.82 Å². The van der Waals surface area contributed by atoms with Gasteiger partial charge in [0.2, 0.25) is 5.78 Å². The molecule has 0 fully saturated rings. The Balaban J connectivity index is 1.82. The fourth-order valence-electron chi connectivity index (χ4n) is 2.63. The number of pyridine rings is 1. The van der Waals surface area contributed by atoms with E-state index in [2.05, 4.69) is 15.3 Å². The highest BCUT2D eigenvalue weighted by Crippen LogP contribution is 2.14. The Kier molecular flexibility index (Phi) is 3.46. The molecule has 0 atom stereocenters. The summed E-state index contributed by atoms with van der Waals surface area (Å²) >= 11 is 0. The summed E-state index contributed by atoms with van der Waals surface area (Å²) in [6.45, 7) is 1.73. The summed E-state index contributed by atoms with van der Waals surface area (Å²) < 4.78 is 2.84. The lowest BCUT2D eigenvalue weighted by molar-refractivity contribution is 0.103. The molecule has 0 amide bonds. The average Bonchev–Trinajstić information content (AvgIpc) is 3.03. The molecule has 0 aliphatic heterocycles. The van der Waals surface area contributed by atoms with Gasteiger partial charge in [0.15, 0.2) is 11.5 Å². The Hall–Kier alpha value is -3.61. The molecule has 1 aromatic carbocycles. The topological polar surface area (TPSA) is 82.1 Å². The molecule has 0 saturated heterocycles. The predicted octanol–water partition coefficient (Wildman–Crippen LogP) is 1.81. The number of benzene rings is 1. The van der Waals surface area contributed by atoms with Gasteiger partial charge < -0.3 is 0 Å². The third-order valence-corrected chi connectivity index (χ3v) is 3.92. The van der Waals surface area contributed by atoms with E-state index in [1.165, 1.54) is 15.1 Å². The molecule has 0 N–H and O–H groups in total. The molecule has 0 radical (unpaired) electrons. The summed E-state index contributed by atoms with van der Waals surface area (Å²) in [5.74, 6) is 0.107. The van der Waals surface area contributed by atoms with E-state index in [-0.39, 0.29) is 17.0 Å². The molecule has 7 heteroatoms. The van der Waals surface area contributed by atoms with Crippen LogP contribution in [0.5, 0.6) is 0 Å². The van der Waals surface area contributed by atoms with Crippen LogP contribution in [-0.4, -0.2) is 30.2 Å². The number of carbonyl (C=O) groups is 1. The summed E-state index contributed by atoms with van der Waals surface area (Å²) in [6, 6.07) is 15.5. The fourth-order valence-corrected chi connectivity index (χ4v) is 2.63. The van der Waals surface area contributed by atoms with Gasteiger partial charge in [0.25, 0.3) is 5.56 Å². The number of hydrogen-bond donors (Lipinski definition) is 0. The minimum atomic E-state index is -0.230. The lowest BCUT2D eigenvalue weighted by Crippen LogP contribution is -2.17. The molecule has 0 bridgehead atoms. The fraction of sp³-hybridized carbons (Fsp3) is 0.0556. The van der Waals surface area contributed by atoms with Crippen LogP contribution in [0.25, 0.3) is 11.5 Å². The van der Waals surface area contributed by atoms with Gasteiger partial charge in [-0.3, -0.25) is 14.0 Å². The van der Waals surface area contributed by atoms with Crippen LogP contribution < -0.4 is 5.56 Å². The molecule has 0 aliphatic rings. The summed E-state index contributed by atoms with van der Waals surface area (Å²) in [5, 5.41) is 8.01. The zero-order valence-electron chi connectivity index (χ0n) is 13.3. The van der Waals surface area contributed by atoms with Crippen LogP contribution in [0, 0.1) is 6.92 Å². The molecule has 7 nitrogen and oxygen atoms in total. The van der Waals surface area contributed by atoms with Crippen LogP contribution in [0.3, 0.4) is 0 Å². The third-order valence-electron chi connectivity index (χ3n) is 3.92. The molecule has 122 valence electrons. The average molecular weight is 331 g/mol. The first kappa shape index (κ1) is 14.9. The zero-order valence-corrected chi connectivity index (χ0v) is 13.3. The lowest BCUT2D eigenvalue weighted by atomic mass is 10.1. The van der Waals surface area contributed by atoms with Gasteiger partial charge in [-0.2, -0.15) is 4.68 Å². The predicted molar refractivity (Wildman–Crippen MR) is 91.0 cm³/mol. The maximum absolute atomic E-state index is 12.6. The Labute approximate surface area is 142 Å². The van der Waals surface area contributed by atoms with E-state index < -0.39 is 0 Å². The summed E-state index contributed by atoms with van der Waals surface area (Å²) in [5.41, 5.74) is 1.56. The first-order chi connectivity index (χ1) is 12.1. The first-order valence-corrected chi connectivity index (χ1v) is 7.66. The molecule has 3 heterocycles. The monoisotopic (exact) mass is 331 g/mol. The van der Waals surface area contributed by atoms with Crippen molar-refractivity contribution < 1.29 is 4.79 Å². The van der Waals surface area contributed by atoms with Gasteiger partial charge >= 0.3 is 0 Å². The van der Waals surface area contributed by atoms with Gasteiger partial charge in [-0.15, -0.1) is 5.10 Å². The van der Waals surface area contributed by atoms with Crippen molar-refractivity contribution in [1.82, 2.24) is 24.4 Å². The summed E-state index contributed by atoms with van der Waals surface area (Å²) in [6.07, 6.45) is 1.65. The van der Waals surface area contributed by atoms with Gasteiger partial charge in [-0.1, -0.05) is 41.6 Å². The van der Waals surface area contributed by atoms with Crippen molar-refractivity contribution in [3.05, 3.63) is 88.1 Å². The molecule has 0 unspecified atom stereocenters. The van der Waals surface area contributed by atoms with Crippen LogP contribution in [-0.2, 0) is 0 Å². The van der Waals surface area contributed by atoms with Crippen LogP contribution in [0.2, 0.25) is 0 Å². The molecule has 0 saturated carbocycles. The number of rotatable bonds is 3. The third kappa shape index (κ3) is 2.51. The van der Waals surface area contributed by atoms with E-state index in [1.807, 2.05) is 6.07 Å². The van der Waals surface area contributed by atoms with E-state index in [4.69, 9.17) is 0 Å². The van der Waals surface area contributed by atoms with Crippen molar-refractivity contribution in [3.63, 3.8) is 0 Å². The highest BCUT2D eigenvalue weighted by molar-refractivity contribution is 6.08. The van der Waals surface area contributed by atoms with Crippen molar-refractivity contribution in [1.29, 1.82) is 0 Å². The maximum Gasteiger partial charge on any atom is 0.260 e. The second-order valence-corrected chi connectivity index (χ2v) is 5.51. The van der Waals surface area contributed by atoms with E-state index in [0.29, 0.717) is 22.7 Å². The highest BCUT2D eigenvalue weighted by atomic mass is 16.1. The van der Waals surface area contributed by atoms with Crippen LogP contribution in [0.4, 0.5) is 0 Å². The standard InChI is InChI=1S/C18H13N5O2/c1-12-17(18(25)13-7-3-2-4-8-13)20-21-23(12)15-11-16(24)22-10-6-5-9-14(22)19-15/h2-11H,1H3. The Morgan fingerprint density at radius 2 is 1.80 bits per heavy atom. The minimum Gasteiger partial charge on any atom is -0.287 e. The maximum atomic E-state index is 12.6. The highest BCUT2D eigenvalue weighted by Gasteiger charge is 2.19. The van der Waals surface area contributed by atoms with E-state index in [1.54, 1.807) is 55.6 Å². The summed E-state index contributed by atoms with van der Waals surface area (Å²) in [4.78, 5) is 29.3. The Morgan fingerprint density at radius 1 is 1.04 bits per heavy atom. The smallest absolute Gasteiger partial charge is 0.260 e. The number of hydrogen-bond acceptors (Lipinski definition) is 5. The lowest BCUT2D eigenvalue weighted by Gasteiger charge is -2.05. The number of aromatic nitrogens is 5. The minimum absolute atomic E-state index is 0.220. The molecule has 25 heavy (non-hydrogen) atoms. The second kappa shape index (κ2) is 5.79. The van der Waals surface area contributed by atoms with Crippen LogP contribution in [0.1, 0.15) is 21.7 Å². The van der Waals surface area contributed by atoms with Crippen molar-refractivity contribution in [2.75, 3.05) is 0 Å². The van der Waals surface area contributed by atoms with Crippen LogP contribution >= 0.6 is 0 Å². The molecule has 4 rings (SSSR count). The normalized spacial score (nSPS) is 10.9. The second-order valence-electron chi connectivity index (χ2n) is 5.51. The quantitative estimate of drug-likeness (QED) is 0.535. The Bertz CT molecular complexity index is 1150. The number of ketones is 1. The summed E-state index contributed by atoms with van der Waals surface area (Å²) in [7, 11) is 0. The SMILES string of the molecule is Cc1c(C(=O)c2ccccc2)nnn1-c1cc(=O)n2ccccc2n1. The zero-order chi connectivity index (χ0) is 17.4. The Morgan fingerprint density at radius 3 is 2.60 bits per heavy atom. The van der Waals surface area contributed by atoms with E-state index in [9.17, 15) is 9.59 Å². The van der Waals surface area contributed by atoms with Crippen molar-refractivity contribution in [2.45, 2.75) is 6.92 Å². The van der Waals surface area contributed by atoms with E-state index in [0.717, 1.165) is 0 Å². The van der Waals surface area contributed by atoms with Crippen LogP contribution in [0.15, 0.2) is 65.6 Å². The molecular formula is C18H13N5O2. The molecular weight excluding hydrogens is 318 g/mol. The first-order valence-electron chi connectivity index (χ1n) is 7.66. The molecule has 0 aliphatic carbocycles. The number of fused-ring (bicyclic) bond motifs is 1. The van der Waals surface area contributed by atoms with Gasteiger partial charge in [0, 0.05) is 17.8 Å². The van der Waals surface area contributed by atoms with Gasteiger partial charge in [0.05, 0.1) is 5.69 Å². The van der Waals surface area contributed by atoms with Gasteiger partial charge in [0.1, 0.15) is 5.65 Å². The van der Waals surface area contributed by atoms with Gasteiger partial charge in [-0.05, 0) is 19.1 Å². The molecule has 4 aromatic rings. The number of carbonyl (C=O) groups excluding carboxylic acids is 1. The molecule has 3 aromatic heterocycles. The van der Waals surface area contributed by atoms with Gasteiger partial charge in [-0.25, -0.2) is 4.98 Å². The number of nitrogens with zero attached hydrogens (tertiary/aromatic N) is 5. The van der Waals surface area contributed by atoms with Crippen molar-refractivity contribution >= 4 is 11.4 Å².